The lowest BCUT2D eigenvalue weighted by molar-refractivity contribution is -0.00848. The molecule has 0 aliphatic carbocycles. The number of pyridine rings is 2. The van der Waals surface area contributed by atoms with E-state index in [1.165, 1.54) is 5.56 Å². The minimum Gasteiger partial charge on any atom is -0.481 e. The van der Waals surface area contributed by atoms with Gasteiger partial charge in [0.1, 0.15) is 0 Å². The lowest BCUT2D eigenvalue weighted by Crippen LogP contribution is -2.68. The molecular weight excluding hydrogens is 534 g/mol. The summed E-state index contributed by atoms with van der Waals surface area (Å²) in [7, 11) is 1.62. The maximum absolute atomic E-state index is 9.66. The van der Waals surface area contributed by atoms with Crippen molar-refractivity contribution in [1.82, 2.24) is 34.6 Å². The molecule has 0 spiro atoms. The van der Waals surface area contributed by atoms with Crippen LogP contribution in [0.1, 0.15) is 12.0 Å². The summed E-state index contributed by atoms with van der Waals surface area (Å²) in [6.07, 6.45) is 10.6. The van der Waals surface area contributed by atoms with E-state index in [1.807, 2.05) is 18.3 Å². The molecule has 0 amide bonds. The number of ether oxygens (including phenoxy) is 1. The Balaban J connectivity index is 1.18. The summed E-state index contributed by atoms with van der Waals surface area (Å²) >= 11 is 6.75. The maximum atomic E-state index is 9.66. The second-order valence-electron chi connectivity index (χ2n) is 10.0. The van der Waals surface area contributed by atoms with E-state index in [9.17, 15) is 5.11 Å². The van der Waals surface area contributed by atoms with Crippen LogP contribution >= 0.6 is 11.6 Å². The van der Waals surface area contributed by atoms with Gasteiger partial charge in [-0.25, -0.2) is 15.0 Å². The number of methoxy groups -OCH3 is 1. The normalized spacial score (nSPS) is 19.2. The minimum atomic E-state index is -0.881. The van der Waals surface area contributed by atoms with Crippen molar-refractivity contribution in [3.63, 3.8) is 0 Å². The van der Waals surface area contributed by atoms with Crippen LogP contribution < -0.4 is 15.0 Å². The maximum Gasteiger partial charge on any atom is 0.227 e. The van der Waals surface area contributed by atoms with Gasteiger partial charge in [0.15, 0.2) is 0 Å². The first-order valence-corrected chi connectivity index (χ1v) is 13.4. The molecule has 3 aliphatic heterocycles. The van der Waals surface area contributed by atoms with Crippen LogP contribution in [0, 0.1) is 0 Å². The molecule has 12 nitrogen and oxygen atoms in total. The fourth-order valence-corrected chi connectivity index (χ4v) is 5.68. The van der Waals surface area contributed by atoms with Crippen molar-refractivity contribution in [1.29, 1.82) is 0 Å². The first kappa shape index (κ1) is 26.4. The molecule has 0 saturated carbocycles. The molecule has 0 radical (unpaired) electrons. The topological polar surface area (TPSA) is 138 Å². The number of piperidine rings is 1. The summed E-state index contributed by atoms with van der Waals surface area (Å²) in [5.41, 5.74) is 4.29. The number of hydrogen-bond acceptors (Lipinski definition) is 11. The van der Waals surface area contributed by atoms with Crippen LogP contribution in [0.3, 0.4) is 0 Å². The molecule has 7 rings (SSSR count). The van der Waals surface area contributed by atoms with E-state index < -0.39 is 6.10 Å². The van der Waals surface area contributed by atoms with Gasteiger partial charge in [-0.3, -0.25) is 14.6 Å². The summed E-state index contributed by atoms with van der Waals surface area (Å²) in [6, 6.07) is 6.65. The Morgan fingerprint density at radius 3 is 2.73 bits per heavy atom. The molecular formula is C27H30ClN9O3. The Labute approximate surface area is 236 Å². The average Bonchev–Trinajstić information content (AvgIpc) is 3.42. The second-order valence-corrected chi connectivity index (χ2v) is 10.4. The molecule has 3 saturated heterocycles. The lowest BCUT2D eigenvalue weighted by Gasteiger charge is -2.57. The van der Waals surface area contributed by atoms with Gasteiger partial charge in [0, 0.05) is 74.3 Å². The number of aliphatic hydroxyl groups excluding tert-OH is 2. The predicted octanol–water partition coefficient (Wildman–Crippen LogP) is 2.35. The molecule has 3 N–H and O–H groups in total. The second kappa shape index (κ2) is 11.3. The Bertz CT molecular complexity index is 1460. The van der Waals surface area contributed by atoms with Gasteiger partial charge in [-0.15, -0.1) is 0 Å². The summed E-state index contributed by atoms with van der Waals surface area (Å²) in [6.45, 7) is 2.41. The van der Waals surface area contributed by atoms with E-state index in [1.54, 1.807) is 42.8 Å². The number of aromatic nitrogens is 6. The van der Waals surface area contributed by atoms with Crippen molar-refractivity contribution in [2.24, 2.45) is 0 Å². The highest BCUT2D eigenvalue weighted by molar-refractivity contribution is 6.33. The molecule has 3 atom stereocenters. The van der Waals surface area contributed by atoms with Crippen molar-refractivity contribution in [2.45, 2.75) is 37.7 Å². The Kier molecular flexibility index (Phi) is 7.48. The van der Waals surface area contributed by atoms with Gasteiger partial charge in [-0.05, 0) is 18.1 Å². The number of anilines is 3. The summed E-state index contributed by atoms with van der Waals surface area (Å²) < 4.78 is 6.73. The third-order valence-electron chi connectivity index (χ3n) is 7.33. The van der Waals surface area contributed by atoms with Crippen LogP contribution in [-0.4, -0.2) is 89.8 Å². The van der Waals surface area contributed by atoms with Crippen LogP contribution in [-0.2, 0) is 13.1 Å². The smallest absolute Gasteiger partial charge is 0.227 e. The average molecular weight is 564 g/mol. The van der Waals surface area contributed by atoms with Gasteiger partial charge in [0.25, 0.3) is 0 Å². The molecule has 3 aliphatic rings. The van der Waals surface area contributed by atoms with Crippen molar-refractivity contribution in [3.05, 3.63) is 66.0 Å². The fourth-order valence-electron chi connectivity index (χ4n) is 5.40. The van der Waals surface area contributed by atoms with Gasteiger partial charge in [0.05, 0.1) is 54.7 Å². The largest absolute Gasteiger partial charge is 0.481 e. The molecule has 13 heteroatoms. The number of piperazine rings is 1. The summed E-state index contributed by atoms with van der Waals surface area (Å²) in [5, 5.41) is 26.7. The molecule has 7 heterocycles. The third-order valence-corrected chi connectivity index (χ3v) is 7.61. The number of hydrogen-bond donors (Lipinski definition) is 3. The van der Waals surface area contributed by atoms with Crippen molar-refractivity contribution >= 4 is 28.9 Å². The first-order valence-electron chi connectivity index (χ1n) is 13.1. The number of rotatable bonds is 10. The zero-order chi connectivity index (χ0) is 27.6. The fraction of sp³-hybridized carbons (Fsp3) is 0.370. The summed E-state index contributed by atoms with van der Waals surface area (Å²) in [4.78, 5) is 22.7. The Morgan fingerprint density at radius 1 is 1.12 bits per heavy atom. The quantitative estimate of drug-likeness (QED) is 0.262. The van der Waals surface area contributed by atoms with E-state index in [2.05, 4.69) is 41.2 Å². The zero-order valence-electron chi connectivity index (χ0n) is 21.9. The van der Waals surface area contributed by atoms with Gasteiger partial charge in [-0.2, -0.15) is 5.10 Å². The van der Waals surface area contributed by atoms with Crippen molar-refractivity contribution in [2.75, 3.05) is 37.0 Å². The number of halogens is 1. The molecule has 40 heavy (non-hydrogen) atoms. The van der Waals surface area contributed by atoms with E-state index in [0.717, 1.165) is 37.3 Å². The SMILES string of the molecule is COc1ccc(CN2C3CC2CN(c2c(Cl)cncc2-c2ccnc(Nc4cnn(CC(O)CO)c4)n2)C3)cn1. The van der Waals surface area contributed by atoms with Crippen molar-refractivity contribution < 1.29 is 14.9 Å². The van der Waals surface area contributed by atoms with E-state index >= 15 is 0 Å². The van der Waals surface area contributed by atoms with E-state index in [4.69, 9.17) is 26.4 Å². The number of fused-ring (bicyclic) bond motifs is 2. The molecule has 4 aromatic heterocycles. The van der Waals surface area contributed by atoms with Crippen LogP contribution in [0.5, 0.6) is 5.88 Å². The molecule has 4 aromatic rings. The molecule has 2 bridgehead atoms. The van der Waals surface area contributed by atoms with E-state index in [0.29, 0.717) is 40.3 Å². The van der Waals surface area contributed by atoms with E-state index in [-0.39, 0.29) is 13.2 Å². The summed E-state index contributed by atoms with van der Waals surface area (Å²) in [5.74, 6) is 1.01. The van der Waals surface area contributed by atoms with Gasteiger partial charge in [0.2, 0.25) is 11.8 Å². The number of aliphatic hydroxyl groups is 2. The van der Waals surface area contributed by atoms with Crippen LogP contribution in [0.4, 0.5) is 17.3 Å². The van der Waals surface area contributed by atoms with Crippen LogP contribution in [0.2, 0.25) is 5.02 Å². The number of nitrogens with one attached hydrogen (secondary N) is 1. The predicted molar refractivity (Wildman–Crippen MR) is 150 cm³/mol. The first-order chi connectivity index (χ1) is 19.5. The standard InChI is InChI=1S/C27H30ClN9O3/c1-40-25-3-2-17(7-31-25)11-37-19-6-20(37)14-35(13-19)26-22(9-29-10-23(26)28)24-4-5-30-27(34-24)33-18-8-32-36(12-18)15-21(39)16-38/h2-5,7-10,12,19-21,38-39H,6,11,13-16H2,1H3,(H,30,33,34). The Morgan fingerprint density at radius 2 is 1.98 bits per heavy atom. The molecule has 208 valence electrons. The highest BCUT2D eigenvalue weighted by Gasteiger charge is 2.45. The van der Waals surface area contributed by atoms with Gasteiger partial charge in [-0.1, -0.05) is 17.7 Å². The zero-order valence-corrected chi connectivity index (χ0v) is 22.7. The highest BCUT2D eigenvalue weighted by Crippen LogP contribution is 2.42. The minimum absolute atomic E-state index is 0.183. The molecule has 0 aromatic carbocycles. The lowest BCUT2D eigenvalue weighted by atomic mass is 9.86. The van der Waals surface area contributed by atoms with Gasteiger partial charge < -0.3 is 25.2 Å². The monoisotopic (exact) mass is 563 g/mol. The van der Waals surface area contributed by atoms with Crippen LogP contribution in [0.25, 0.3) is 11.3 Å². The third kappa shape index (κ3) is 5.43. The van der Waals surface area contributed by atoms with Crippen molar-refractivity contribution in [3.8, 4) is 17.1 Å². The number of nitrogens with zero attached hydrogens (tertiary/aromatic N) is 8. The highest BCUT2D eigenvalue weighted by atomic mass is 35.5. The Hall–Kier alpha value is -3.84. The van der Waals surface area contributed by atoms with Crippen LogP contribution in [0.15, 0.2) is 55.4 Å². The van der Waals surface area contributed by atoms with Gasteiger partial charge >= 0.3 is 0 Å². The molecule has 3 fully saturated rings. The molecule has 3 unspecified atom stereocenters.